The van der Waals surface area contributed by atoms with Crippen molar-refractivity contribution in [3.63, 3.8) is 0 Å². The lowest BCUT2D eigenvalue weighted by Crippen LogP contribution is -2.56. The molecule has 100 valence electrons. The normalized spacial score (nSPS) is 11.4. The maximum atomic E-state index is 11.8. The average Bonchev–Trinajstić information content (AvgIpc) is 2.17. The van der Waals surface area contributed by atoms with Crippen LogP contribution in [-0.2, 0) is 4.79 Å². The van der Waals surface area contributed by atoms with Crippen molar-refractivity contribution in [1.82, 2.24) is 15.1 Å². The van der Waals surface area contributed by atoms with Crippen LogP contribution < -0.4 is 5.32 Å². The Morgan fingerprint density at radius 3 is 2.18 bits per heavy atom. The van der Waals surface area contributed by atoms with Crippen LogP contribution in [0.25, 0.3) is 0 Å². The molecule has 0 aromatic rings. The van der Waals surface area contributed by atoms with Gasteiger partial charge in [-0.2, -0.15) is 0 Å². The minimum atomic E-state index is -1.20. The van der Waals surface area contributed by atoms with Crippen molar-refractivity contribution in [2.45, 2.75) is 26.3 Å². The SMILES string of the molecule is CCN(C(=O)NCCN(C)C)C(C)(C)C(=O)O. The molecule has 2 amide bonds. The topological polar surface area (TPSA) is 72.9 Å². The highest BCUT2D eigenvalue weighted by atomic mass is 16.4. The van der Waals surface area contributed by atoms with Crippen molar-refractivity contribution in [2.24, 2.45) is 0 Å². The Morgan fingerprint density at radius 1 is 1.29 bits per heavy atom. The number of hydrogen-bond acceptors (Lipinski definition) is 3. The van der Waals surface area contributed by atoms with E-state index in [2.05, 4.69) is 5.32 Å². The third kappa shape index (κ3) is 4.60. The first-order chi connectivity index (χ1) is 7.73. The number of carbonyl (C=O) groups is 2. The number of aliphatic carboxylic acids is 1. The number of likely N-dealkylation sites (N-methyl/N-ethyl adjacent to an activating group) is 2. The molecule has 0 saturated heterocycles. The van der Waals surface area contributed by atoms with Crippen molar-refractivity contribution in [2.75, 3.05) is 33.7 Å². The number of carboxylic acids is 1. The molecule has 0 fully saturated rings. The fourth-order valence-electron chi connectivity index (χ4n) is 1.39. The fraction of sp³-hybridized carbons (Fsp3) is 0.818. The summed E-state index contributed by atoms with van der Waals surface area (Å²) in [5.41, 5.74) is -1.20. The van der Waals surface area contributed by atoms with Crippen molar-refractivity contribution < 1.29 is 14.7 Å². The van der Waals surface area contributed by atoms with Crippen molar-refractivity contribution in [3.8, 4) is 0 Å². The third-order valence-electron chi connectivity index (χ3n) is 2.59. The van der Waals surface area contributed by atoms with Gasteiger partial charge in [-0.05, 0) is 34.9 Å². The molecule has 0 aliphatic carbocycles. The van der Waals surface area contributed by atoms with Gasteiger partial charge in [-0.25, -0.2) is 9.59 Å². The molecule has 0 atom stereocenters. The van der Waals surface area contributed by atoms with Gasteiger partial charge in [0.05, 0.1) is 0 Å². The van der Waals surface area contributed by atoms with Gasteiger partial charge in [0.15, 0.2) is 0 Å². The summed E-state index contributed by atoms with van der Waals surface area (Å²) in [7, 11) is 3.82. The second-order valence-electron chi connectivity index (χ2n) is 4.64. The minimum Gasteiger partial charge on any atom is -0.480 e. The van der Waals surface area contributed by atoms with Crippen molar-refractivity contribution >= 4 is 12.0 Å². The van der Waals surface area contributed by atoms with Gasteiger partial charge in [0.25, 0.3) is 0 Å². The summed E-state index contributed by atoms with van der Waals surface area (Å²) in [6.45, 7) is 6.37. The Bertz CT molecular complexity index is 277. The van der Waals surface area contributed by atoms with Crippen LogP contribution in [0.15, 0.2) is 0 Å². The lowest BCUT2D eigenvalue weighted by Gasteiger charge is -2.34. The van der Waals surface area contributed by atoms with Crippen LogP contribution in [0.1, 0.15) is 20.8 Å². The zero-order valence-corrected chi connectivity index (χ0v) is 11.3. The van der Waals surface area contributed by atoms with E-state index in [0.717, 1.165) is 6.54 Å². The number of hydrogen-bond donors (Lipinski definition) is 2. The van der Waals surface area contributed by atoms with Crippen LogP contribution in [0.3, 0.4) is 0 Å². The van der Waals surface area contributed by atoms with Crippen molar-refractivity contribution in [1.29, 1.82) is 0 Å². The molecular weight excluding hydrogens is 222 g/mol. The van der Waals surface area contributed by atoms with Gasteiger partial charge in [0.1, 0.15) is 5.54 Å². The van der Waals surface area contributed by atoms with Crippen LogP contribution in [-0.4, -0.2) is 66.2 Å². The predicted octanol–water partition coefficient (Wildman–Crippen LogP) is 0.443. The van der Waals surface area contributed by atoms with E-state index in [4.69, 9.17) is 5.11 Å². The number of rotatable bonds is 6. The van der Waals surface area contributed by atoms with Gasteiger partial charge in [0.2, 0.25) is 0 Å². The third-order valence-corrected chi connectivity index (χ3v) is 2.59. The zero-order chi connectivity index (χ0) is 13.6. The second kappa shape index (κ2) is 6.44. The summed E-state index contributed by atoms with van der Waals surface area (Å²) in [6, 6.07) is -0.346. The first-order valence-corrected chi connectivity index (χ1v) is 5.67. The molecule has 0 radical (unpaired) electrons. The summed E-state index contributed by atoms with van der Waals surface area (Å²) in [5, 5.41) is 11.8. The molecule has 0 heterocycles. The number of amides is 2. The summed E-state index contributed by atoms with van der Waals surface area (Å²) in [4.78, 5) is 26.2. The van der Waals surface area contributed by atoms with E-state index in [1.54, 1.807) is 6.92 Å². The fourth-order valence-corrected chi connectivity index (χ4v) is 1.39. The van der Waals surface area contributed by atoms with Crippen LogP contribution in [0, 0.1) is 0 Å². The molecule has 0 spiro atoms. The van der Waals surface area contributed by atoms with Crippen molar-refractivity contribution in [3.05, 3.63) is 0 Å². The number of carboxylic acid groups (broad SMARTS) is 1. The summed E-state index contributed by atoms with van der Waals surface area (Å²) < 4.78 is 0. The number of urea groups is 1. The Labute approximate surface area is 103 Å². The Morgan fingerprint density at radius 2 is 1.82 bits per heavy atom. The standard InChI is InChI=1S/C11H23N3O3/c1-6-14(11(2,3)9(15)16)10(17)12-7-8-13(4)5/h6-8H2,1-5H3,(H,12,17)(H,15,16). The maximum absolute atomic E-state index is 11.8. The van der Waals surface area contributed by atoms with Crippen LogP contribution in [0.4, 0.5) is 4.79 Å². The van der Waals surface area contributed by atoms with Gasteiger partial charge >= 0.3 is 12.0 Å². The number of nitrogens with zero attached hydrogens (tertiary/aromatic N) is 2. The zero-order valence-electron chi connectivity index (χ0n) is 11.3. The smallest absolute Gasteiger partial charge is 0.329 e. The van der Waals surface area contributed by atoms with E-state index in [1.807, 2.05) is 19.0 Å². The lowest BCUT2D eigenvalue weighted by molar-refractivity contribution is -0.147. The quantitative estimate of drug-likeness (QED) is 0.712. The van der Waals surface area contributed by atoms with Crippen LogP contribution >= 0.6 is 0 Å². The molecule has 6 nitrogen and oxygen atoms in total. The van der Waals surface area contributed by atoms with E-state index in [9.17, 15) is 9.59 Å². The average molecular weight is 245 g/mol. The highest BCUT2D eigenvalue weighted by Crippen LogP contribution is 2.14. The van der Waals surface area contributed by atoms with E-state index in [-0.39, 0.29) is 6.03 Å². The Balaban J connectivity index is 4.46. The summed E-state index contributed by atoms with van der Waals surface area (Å²) >= 11 is 0. The molecular formula is C11H23N3O3. The van der Waals surface area contributed by atoms with E-state index in [1.165, 1.54) is 18.7 Å². The molecule has 0 saturated carbocycles. The molecule has 17 heavy (non-hydrogen) atoms. The van der Waals surface area contributed by atoms with Gasteiger partial charge in [0, 0.05) is 19.6 Å². The highest BCUT2D eigenvalue weighted by Gasteiger charge is 2.36. The number of nitrogens with one attached hydrogen (secondary N) is 1. The van der Waals surface area contributed by atoms with E-state index in [0.29, 0.717) is 13.1 Å². The van der Waals surface area contributed by atoms with Crippen LogP contribution in [0.2, 0.25) is 0 Å². The first kappa shape index (κ1) is 15.7. The predicted molar refractivity (Wildman–Crippen MR) is 66.0 cm³/mol. The van der Waals surface area contributed by atoms with Gasteiger partial charge in [-0.3, -0.25) is 0 Å². The molecule has 0 unspecified atom stereocenters. The molecule has 0 aromatic heterocycles. The maximum Gasteiger partial charge on any atom is 0.329 e. The minimum absolute atomic E-state index is 0.346. The van der Waals surface area contributed by atoms with Gasteiger partial charge < -0.3 is 20.2 Å². The molecule has 0 rings (SSSR count). The largest absolute Gasteiger partial charge is 0.480 e. The second-order valence-corrected chi connectivity index (χ2v) is 4.64. The van der Waals surface area contributed by atoms with Crippen LogP contribution in [0.5, 0.6) is 0 Å². The molecule has 6 heteroatoms. The van der Waals surface area contributed by atoms with E-state index < -0.39 is 11.5 Å². The molecule has 0 aliphatic rings. The van der Waals surface area contributed by atoms with Gasteiger partial charge in [-0.15, -0.1) is 0 Å². The monoisotopic (exact) mass is 245 g/mol. The lowest BCUT2D eigenvalue weighted by atomic mass is 10.0. The van der Waals surface area contributed by atoms with Gasteiger partial charge in [-0.1, -0.05) is 0 Å². The summed E-state index contributed by atoms with van der Waals surface area (Å²) in [5.74, 6) is -1.01. The number of carbonyl (C=O) groups excluding carboxylic acids is 1. The molecule has 0 bridgehead atoms. The first-order valence-electron chi connectivity index (χ1n) is 5.67. The highest BCUT2D eigenvalue weighted by molar-refractivity contribution is 5.85. The molecule has 2 N–H and O–H groups in total. The molecule has 0 aromatic carbocycles. The Hall–Kier alpha value is -1.30. The summed E-state index contributed by atoms with van der Waals surface area (Å²) in [6.07, 6.45) is 0. The molecule has 0 aliphatic heterocycles. The van der Waals surface area contributed by atoms with E-state index >= 15 is 0 Å². The Kier molecular flexibility index (Phi) is 5.95.